The number of hydrogen-bond donors (Lipinski definition) is 2. The summed E-state index contributed by atoms with van der Waals surface area (Å²) in [6.07, 6.45) is 3.59. The molecule has 3 atom stereocenters. The molecule has 0 radical (unpaired) electrons. The standard InChI is InChI=1S/C14H22N2O/c1-10(16-14-5-3-4-13(14)15)11-6-8-12(17-2)9-7-11/h6-10,13-14,16H,3-5,15H2,1-2H3. The van der Waals surface area contributed by atoms with Gasteiger partial charge >= 0.3 is 0 Å². The van der Waals surface area contributed by atoms with E-state index in [1.807, 2.05) is 12.1 Å². The van der Waals surface area contributed by atoms with Crippen LogP contribution >= 0.6 is 0 Å². The van der Waals surface area contributed by atoms with E-state index >= 15 is 0 Å². The molecule has 1 fully saturated rings. The van der Waals surface area contributed by atoms with E-state index in [1.165, 1.54) is 18.4 Å². The molecule has 0 aliphatic heterocycles. The molecule has 1 saturated carbocycles. The highest BCUT2D eigenvalue weighted by molar-refractivity contribution is 5.28. The Bertz CT molecular complexity index is 350. The second-order valence-electron chi connectivity index (χ2n) is 4.86. The molecule has 1 aliphatic carbocycles. The molecule has 3 N–H and O–H groups in total. The predicted molar refractivity (Wildman–Crippen MR) is 70.2 cm³/mol. The number of methoxy groups -OCH3 is 1. The van der Waals surface area contributed by atoms with E-state index in [0.717, 1.165) is 12.2 Å². The Labute approximate surface area is 103 Å². The van der Waals surface area contributed by atoms with Gasteiger partial charge in [-0.25, -0.2) is 0 Å². The van der Waals surface area contributed by atoms with Crippen molar-refractivity contribution in [3.05, 3.63) is 29.8 Å². The molecule has 0 bridgehead atoms. The first kappa shape index (κ1) is 12.4. The molecule has 0 heterocycles. The second-order valence-corrected chi connectivity index (χ2v) is 4.86. The summed E-state index contributed by atoms with van der Waals surface area (Å²) in [6, 6.07) is 9.34. The lowest BCUT2D eigenvalue weighted by Crippen LogP contribution is -2.41. The maximum Gasteiger partial charge on any atom is 0.118 e. The Morgan fingerprint density at radius 1 is 1.29 bits per heavy atom. The summed E-state index contributed by atoms with van der Waals surface area (Å²) in [4.78, 5) is 0. The lowest BCUT2D eigenvalue weighted by Gasteiger charge is -2.23. The van der Waals surface area contributed by atoms with Gasteiger partial charge in [-0.3, -0.25) is 0 Å². The van der Waals surface area contributed by atoms with Crippen molar-refractivity contribution in [3.63, 3.8) is 0 Å². The van der Waals surface area contributed by atoms with Gasteiger partial charge < -0.3 is 15.8 Å². The summed E-state index contributed by atoms with van der Waals surface area (Å²) in [7, 11) is 1.69. The van der Waals surface area contributed by atoms with Crippen molar-refractivity contribution in [2.45, 2.75) is 44.3 Å². The van der Waals surface area contributed by atoms with Gasteiger partial charge in [0, 0.05) is 18.1 Å². The van der Waals surface area contributed by atoms with E-state index < -0.39 is 0 Å². The average molecular weight is 234 g/mol. The van der Waals surface area contributed by atoms with Crippen LogP contribution in [0.25, 0.3) is 0 Å². The average Bonchev–Trinajstić information content (AvgIpc) is 2.75. The van der Waals surface area contributed by atoms with Gasteiger partial charge in [-0.05, 0) is 37.5 Å². The summed E-state index contributed by atoms with van der Waals surface area (Å²) in [5, 5.41) is 3.62. The zero-order chi connectivity index (χ0) is 12.3. The number of benzene rings is 1. The minimum Gasteiger partial charge on any atom is -0.497 e. The zero-order valence-corrected chi connectivity index (χ0v) is 10.6. The number of ether oxygens (including phenoxy) is 1. The van der Waals surface area contributed by atoms with Crippen LogP contribution in [0.1, 0.15) is 37.8 Å². The summed E-state index contributed by atoms with van der Waals surface area (Å²) >= 11 is 0. The van der Waals surface area contributed by atoms with Crippen LogP contribution in [0, 0.1) is 0 Å². The quantitative estimate of drug-likeness (QED) is 0.840. The molecule has 0 aromatic heterocycles. The first-order valence-corrected chi connectivity index (χ1v) is 6.36. The fraction of sp³-hybridized carbons (Fsp3) is 0.571. The van der Waals surface area contributed by atoms with Gasteiger partial charge in [-0.15, -0.1) is 0 Å². The molecule has 1 aromatic carbocycles. The summed E-state index contributed by atoms with van der Waals surface area (Å²) in [6.45, 7) is 2.19. The Kier molecular flexibility index (Phi) is 4.02. The van der Waals surface area contributed by atoms with E-state index in [2.05, 4.69) is 24.4 Å². The minimum absolute atomic E-state index is 0.315. The SMILES string of the molecule is COc1ccc(C(C)NC2CCCC2N)cc1. The van der Waals surface area contributed by atoms with Crippen molar-refractivity contribution in [1.29, 1.82) is 0 Å². The molecule has 1 aliphatic rings. The molecular weight excluding hydrogens is 212 g/mol. The molecule has 0 amide bonds. The highest BCUT2D eigenvalue weighted by Crippen LogP contribution is 2.22. The smallest absolute Gasteiger partial charge is 0.118 e. The molecule has 0 spiro atoms. The van der Waals surface area contributed by atoms with Gasteiger partial charge in [0.25, 0.3) is 0 Å². The first-order chi connectivity index (χ1) is 8.20. The highest BCUT2D eigenvalue weighted by atomic mass is 16.5. The van der Waals surface area contributed by atoms with Crippen molar-refractivity contribution < 1.29 is 4.74 Å². The van der Waals surface area contributed by atoms with Crippen LogP contribution < -0.4 is 15.8 Å². The van der Waals surface area contributed by atoms with Gasteiger partial charge in [0.15, 0.2) is 0 Å². The van der Waals surface area contributed by atoms with Crippen molar-refractivity contribution in [3.8, 4) is 5.75 Å². The van der Waals surface area contributed by atoms with Crippen LogP contribution in [-0.2, 0) is 0 Å². The lowest BCUT2D eigenvalue weighted by molar-refractivity contribution is 0.412. The summed E-state index contributed by atoms with van der Waals surface area (Å²) < 4.78 is 5.16. The van der Waals surface area contributed by atoms with Crippen LogP contribution in [-0.4, -0.2) is 19.2 Å². The monoisotopic (exact) mass is 234 g/mol. The molecule has 1 aromatic rings. The molecule has 17 heavy (non-hydrogen) atoms. The third-order valence-electron chi connectivity index (χ3n) is 3.65. The van der Waals surface area contributed by atoms with Gasteiger partial charge in [0.05, 0.1) is 7.11 Å². The topological polar surface area (TPSA) is 47.3 Å². The molecular formula is C14H22N2O. The van der Waals surface area contributed by atoms with Gasteiger partial charge in [-0.2, -0.15) is 0 Å². The van der Waals surface area contributed by atoms with Crippen molar-refractivity contribution in [2.24, 2.45) is 5.73 Å². The van der Waals surface area contributed by atoms with Crippen LogP contribution in [0.5, 0.6) is 5.75 Å². The lowest BCUT2D eigenvalue weighted by atomic mass is 10.1. The molecule has 2 rings (SSSR count). The Morgan fingerprint density at radius 2 is 2.00 bits per heavy atom. The van der Waals surface area contributed by atoms with E-state index in [4.69, 9.17) is 10.5 Å². The molecule has 94 valence electrons. The minimum atomic E-state index is 0.315. The highest BCUT2D eigenvalue weighted by Gasteiger charge is 2.25. The van der Waals surface area contributed by atoms with E-state index in [1.54, 1.807) is 7.11 Å². The summed E-state index contributed by atoms with van der Waals surface area (Å²) in [5.41, 5.74) is 7.35. The largest absolute Gasteiger partial charge is 0.497 e. The van der Waals surface area contributed by atoms with E-state index in [9.17, 15) is 0 Å². The first-order valence-electron chi connectivity index (χ1n) is 6.36. The van der Waals surface area contributed by atoms with Crippen molar-refractivity contribution in [1.82, 2.24) is 5.32 Å². The number of hydrogen-bond acceptors (Lipinski definition) is 3. The van der Waals surface area contributed by atoms with Crippen LogP contribution in [0.15, 0.2) is 24.3 Å². The summed E-state index contributed by atoms with van der Waals surface area (Å²) in [5.74, 6) is 0.901. The van der Waals surface area contributed by atoms with Gasteiger partial charge in [0.2, 0.25) is 0 Å². The zero-order valence-electron chi connectivity index (χ0n) is 10.6. The third-order valence-corrected chi connectivity index (χ3v) is 3.65. The van der Waals surface area contributed by atoms with Crippen molar-refractivity contribution >= 4 is 0 Å². The maximum atomic E-state index is 6.07. The molecule has 3 nitrogen and oxygen atoms in total. The Hall–Kier alpha value is -1.06. The predicted octanol–water partition coefficient (Wildman–Crippen LogP) is 2.23. The van der Waals surface area contributed by atoms with Crippen LogP contribution in [0.3, 0.4) is 0 Å². The Morgan fingerprint density at radius 3 is 2.53 bits per heavy atom. The molecule has 3 heteroatoms. The fourth-order valence-corrected chi connectivity index (χ4v) is 2.51. The Balaban J connectivity index is 1.96. The van der Waals surface area contributed by atoms with Gasteiger partial charge in [0.1, 0.15) is 5.75 Å². The van der Waals surface area contributed by atoms with Gasteiger partial charge in [-0.1, -0.05) is 18.6 Å². The number of nitrogens with two attached hydrogens (primary N) is 1. The van der Waals surface area contributed by atoms with Crippen LogP contribution in [0.4, 0.5) is 0 Å². The molecule has 0 saturated heterocycles. The number of nitrogens with one attached hydrogen (secondary N) is 1. The fourth-order valence-electron chi connectivity index (χ4n) is 2.51. The third kappa shape index (κ3) is 2.99. The normalized spacial score (nSPS) is 25.8. The maximum absolute atomic E-state index is 6.07. The van der Waals surface area contributed by atoms with E-state index in [-0.39, 0.29) is 0 Å². The van der Waals surface area contributed by atoms with Crippen LogP contribution in [0.2, 0.25) is 0 Å². The van der Waals surface area contributed by atoms with Crippen molar-refractivity contribution in [2.75, 3.05) is 7.11 Å². The molecule has 3 unspecified atom stereocenters. The second kappa shape index (κ2) is 5.52. The van der Waals surface area contributed by atoms with E-state index in [0.29, 0.717) is 18.1 Å². The number of rotatable bonds is 4.